The fourth-order valence-electron chi connectivity index (χ4n) is 1.96. The van der Waals surface area contributed by atoms with Gasteiger partial charge in [-0.3, -0.25) is 4.79 Å². The minimum atomic E-state index is -0.202. The molecule has 2 rings (SSSR count). The van der Waals surface area contributed by atoms with Gasteiger partial charge in [-0.05, 0) is 42.0 Å². The molecule has 0 bridgehead atoms. The molecule has 3 nitrogen and oxygen atoms in total. The van der Waals surface area contributed by atoms with Crippen LogP contribution >= 0.6 is 11.6 Å². The minimum absolute atomic E-state index is 0.202. The van der Waals surface area contributed by atoms with E-state index in [4.69, 9.17) is 11.6 Å². The summed E-state index contributed by atoms with van der Waals surface area (Å²) in [5.74, 6) is 5.75. The Morgan fingerprint density at radius 3 is 2.54 bits per heavy atom. The van der Waals surface area contributed by atoms with Gasteiger partial charge in [0.25, 0.3) is 0 Å². The molecule has 0 aliphatic carbocycles. The summed E-state index contributed by atoms with van der Waals surface area (Å²) in [7, 11) is 3.98. The van der Waals surface area contributed by atoms with Crippen molar-refractivity contribution in [2.45, 2.75) is 0 Å². The maximum Gasteiger partial charge on any atom is 0.244 e. The number of anilines is 1. The Labute approximate surface area is 147 Å². The first-order valence-corrected chi connectivity index (χ1v) is 7.91. The fourth-order valence-corrected chi connectivity index (χ4v) is 2.15. The second kappa shape index (κ2) is 8.81. The predicted octanol–water partition coefficient (Wildman–Crippen LogP) is 3.59. The molecule has 0 aromatic heterocycles. The molecule has 122 valence electrons. The number of nitrogens with zero attached hydrogens (tertiary/aromatic N) is 1. The largest absolute Gasteiger partial charge is 0.378 e. The molecule has 24 heavy (non-hydrogen) atoms. The summed E-state index contributed by atoms with van der Waals surface area (Å²) in [4.78, 5) is 13.8. The van der Waals surface area contributed by atoms with Crippen LogP contribution in [0.4, 0.5) is 5.69 Å². The number of amides is 1. The normalized spacial score (nSPS) is 10.1. The van der Waals surface area contributed by atoms with E-state index in [0.29, 0.717) is 11.6 Å². The van der Waals surface area contributed by atoms with Crippen molar-refractivity contribution in [2.75, 3.05) is 25.5 Å². The number of carbonyl (C=O) groups excluding carboxylic acids is 1. The lowest BCUT2D eigenvalue weighted by Crippen LogP contribution is -2.20. The highest BCUT2D eigenvalue weighted by atomic mass is 35.5. The molecule has 4 heteroatoms. The van der Waals surface area contributed by atoms with Crippen molar-refractivity contribution in [1.29, 1.82) is 0 Å². The van der Waals surface area contributed by atoms with E-state index < -0.39 is 0 Å². The molecule has 0 radical (unpaired) electrons. The van der Waals surface area contributed by atoms with E-state index in [9.17, 15) is 4.79 Å². The molecule has 2 aromatic rings. The molecule has 2 aromatic carbocycles. The number of hydrogen-bond donors (Lipinski definition) is 1. The lowest BCUT2D eigenvalue weighted by atomic mass is 10.2. The fraction of sp³-hybridized carbons (Fsp3) is 0.150. The van der Waals surface area contributed by atoms with Gasteiger partial charge in [0, 0.05) is 36.4 Å². The summed E-state index contributed by atoms with van der Waals surface area (Å²) in [6, 6.07) is 15.3. The first kappa shape index (κ1) is 17.7. The molecule has 0 unspecified atom stereocenters. The average molecular weight is 339 g/mol. The molecule has 0 aliphatic heterocycles. The van der Waals surface area contributed by atoms with Crippen LogP contribution in [0, 0.1) is 11.8 Å². The maximum absolute atomic E-state index is 11.7. The van der Waals surface area contributed by atoms with Crippen molar-refractivity contribution in [3.05, 3.63) is 70.8 Å². The number of carbonyl (C=O) groups is 1. The zero-order valence-electron chi connectivity index (χ0n) is 13.7. The molecule has 0 heterocycles. The van der Waals surface area contributed by atoms with Crippen molar-refractivity contribution in [3.8, 4) is 11.8 Å². The highest BCUT2D eigenvalue weighted by molar-refractivity contribution is 6.32. The molecule has 0 saturated carbocycles. The van der Waals surface area contributed by atoms with E-state index >= 15 is 0 Å². The lowest BCUT2D eigenvalue weighted by molar-refractivity contribution is -0.116. The van der Waals surface area contributed by atoms with Crippen LogP contribution < -0.4 is 10.2 Å². The third-order valence-electron chi connectivity index (χ3n) is 3.29. The van der Waals surface area contributed by atoms with E-state index in [1.165, 1.54) is 6.08 Å². The van der Waals surface area contributed by atoms with E-state index in [1.54, 1.807) is 12.1 Å². The minimum Gasteiger partial charge on any atom is -0.378 e. The van der Waals surface area contributed by atoms with Gasteiger partial charge in [-0.2, -0.15) is 0 Å². The van der Waals surface area contributed by atoms with Crippen molar-refractivity contribution in [3.63, 3.8) is 0 Å². The Kier molecular flexibility index (Phi) is 6.48. The van der Waals surface area contributed by atoms with Crippen molar-refractivity contribution in [1.82, 2.24) is 5.32 Å². The zero-order chi connectivity index (χ0) is 17.4. The number of benzene rings is 2. The number of hydrogen-bond acceptors (Lipinski definition) is 2. The standard InChI is InChI=1S/C20H19ClN2O/c1-23(2)18-12-9-16(10-13-18)6-5-15-22-20(24)14-11-17-7-3-4-8-19(17)21/h3-4,7-14H,15H2,1-2H3,(H,22,24)/b14-11+. The average Bonchev–Trinajstić information content (AvgIpc) is 2.58. The summed E-state index contributed by atoms with van der Waals surface area (Å²) in [5, 5.41) is 3.34. The lowest BCUT2D eigenvalue weighted by Gasteiger charge is -2.11. The van der Waals surface area contributed by atoms with Crippen LogP contribution in [0.2, 0.25) is 5.02 Å². The van der Waals surface area contributed by atoms with Crippen LogP contribution in [-0.4, -0.2) is 26.5 Å². The Bertz CT molecular complexity index is 783. The van der Waals surface area contributed by atoms with E-state index in [1.807, 2.05) is 61.5 Å². The number of halogens is 1. The molecule has 0 aliphatic rings. The quantitative estimate of drug-likeness (QED) is 0.682. The van der Waals surface area contributed by atoms with Gasteiger partial charge in [-0.1, -0.05) is 41.6 Å². The third kappa shape index (κ3) is 5.49. The van der Waals surface area contributed by atoms with Crippen LogP contribution in [0.3, 0.4) is 0 Å². The van der Waals surface area contributed by atoms with Crippen molar-refractivity contribution in [2.24, 2.45) is 0 Å². The second-order valence-electron chi connectivity index (χ2n) is 5.32. The van der Waals surface area contributed by atoms with Crippen LogP contribution in [0.5, 0.6) is 0 Å². The first-order valence-electron chi connectivity index (χ1n) is 7.53. The maximum atomic E-state index is 11.7. The van der Waals surface area contributed by atoms with Gasteiger partial charge in [-0.25, -0.2) is 0 Å². The molecule has 0 saturated heterocycles. The van der Waals surface area contributed by atoms with Gasteiger partial charge < -0.3 is 10.2 Å². The van der Waals surface area contributed by atoms with Crippen molar-refractivity contribution < 1.29 is 4.79 Å². The van der Waals surface area contributed by atoms with Crippen LogP contribution in [0.1, 0.15) is 11.1 Å². The molecule has 1 amide bonds. The molecule has 1 N–H and O–H groups in total. The highest BCUT2D eigenvalue weighted by Gasteiger charge is 1.96. The molecular weight excluding hydrogens is 320 g/mol. The number of nitrogens with one attached hydrogen (secondary N) is 1. The summed E-state index contributed by atoms with van der Waals surface area (Å²) >= 11 is 6.02. The van der Waals surface area contributed by atoms with Gasteiger partial charge in [0.15, 0.2) is 0 Å². The SMILES string of the molecule is CN(C)c1ccc(C#CCNC(=O)/C=C/c2ccccc2Cl)cc1. The van der Waals surface area contributed by atoms with Gasteiger partial charge in [-0.15, -0.1) is 0 Å². The highest BCUT2D eigenvalue weighted by Crippen LogP contribution is 2.16. The van der Waals surface area contributed by atoms with Gasteiger partial charge in [0.2, 0.25) is 5.91 Å². The second-order valence-corrected chi connectivity index (χ2v) is 5.72. The predicted molar refractivity (Wildman–Crippen MR) is 101 cm³/mol. The Hall–Kier alpha value is -2.70. The number of rotatable bonds is 4. The molecule has 0 atom stereocenters. The Morgan fingerprint density at radius 2 is 1.88 bits per heavy atom. The third-order valence-corrected chi connectivity index (χ3v) is 3.63. The van der Waals surface area contributed by atoms with E-state index in [-0.39, 0.29) is 5.91 Å². The van der Waals surface area contributed by atoms with Crippen molar-refractivity contribution >= 4 is 29.3 Å². The van der Waals surface area contributed by atoms with Crippen LogP contribution in [0.15, 0.2) is 54.6 Å². The topological polar surface area (TPSA) is 32.3 Å². The van der Waals surface area contributed by atoms with Gasteiger partial charge in [0.1, 0.15) is 0 Å². The summed E-state index contributed by atoms with van der Waals surface area (Å²) in [6.45, 7) is 0.293. The first-order chi connectivity index (χ1) is 11.6. The molecule has 0 spiro atoms. The smallest absolute Gasteiger partial charge is 0.244 e. The van der Waals surface area contributed by atoms with Gasteiger partial charge in [0.05, 0.1) is 6.54 Å². The van der Waals surface area contributed by atoms with E-state index in [0.717, 1.165) is 16.8 Å². The zero-order valence-corrected chi connectivity index (χ0v) is 14.5. The summed E-state index contributed by atoms with van der Waals surface area (Å²) < 4.78 is 0. The summed E-state index contributed by atoms with van der Waals surface area (Å²) in [6.07, 6.45) is 3.14. The van der Waals surface area contributed by atoms with E-state index in [2.05, 4.69) is 17.2 Å². The Balaban J connectivity index is 1.84. The van der Waals surface area contributed by atoms with Crippen LogP contribution in [-0.2, 0) is 4.79 Å². The van der Waals surface area contributed by atoms with Crippen LogP contribution in [0.25, 0.3) is 6.08 Å². The monoisotopic (exact) mass is 338 g/mol. The summed E-state index contributed by atoms with van der Waals surface area (Å²) in [5.41, 5.74) is 2.85. The molecule has 0 fully saturated rings. The van der Waals surface area contributed by atoms with Gasteiger partial charge >= 0.3 is 0 Å². The molecular formula is C20H19ClN2O. The Morgan fingerprint density at radius 1 is 1.17 bits per heavy atom.